The summed E-state index contributed by atoms with van der Waals surface area (Å²) in [6, 6.07) is 9.10. The van der Waals surface area contributed by atoms with Crippen LogP contribution in [0.2, 0.25) is 0 Å². The smallest absolute Gasteiger partial charge is 0.0256 e. The Balaban J connectivity index is -0.0000000817. The second kappa shape index (κ2) is 18.2. The van der Waals surface area contributed by atoms with Gasteiger partial charge in [0.05, 0.1) is 0 Å². The molecule has 0 atom stereocenters. The van der Waals surface area contributed by atoms with Gasteiger partial charge in [-0.1, -0.05) is 96.5 Å². The monoisotopic (exact) mass is 286 g/mol. The Morgan fingerprint density at radius 2 is 0.750 bits per heavy atom. The Kier molecular flexibility index (Phi) is 33.3. The van der Waals surface area contributed by atoms with Crippen LogP contribution >= 0.6 is 0 Å². The Labute approximate surface area is 133 Å². The highest BCUT2D eigenvalue weighted by atomic mass is 14.1. The normalized spacial score (nSPS) is 7.90. The Morgan fingerprint density at radius 1 is 0.550 bits per heavy atom. The summed E-state index contributed by atoms with van der Waals surface area (Å²) in [5.41, 5.74) is 2.93. The second-order valence-electron chi connectivity index (χ2n) is 5.01. The van der Waals surface area contributed by atoms with Crippen molar-refractivity contribution in [1.29, 1.82) is 0 Å². The zero-order valence-corrected chi connectivity index (χ0v) is 9.88. The van der Waals surface area contributed by atoms with Gasteiger partial charge in [0.25, 0.3) is 0 Å². The van der Waals surface area contributed by atoms with Gasteiger partial charge in [0.15, 0.2) is 0 Å². The van der Waals surface area contributed by atoms with Gasteiger partial charge in [-0.2, -0.15) is 0 Å². The van der Waals surface area contributed by atoms with Crippen LogP contribution in [0.5, 0.6) is 0 Å². The lowest BCUT2D eigenvalue weighted by atomic mass is 9.98. The Morgan fingerprint density at radius 3 is 0.900 bits per heavy atom. The van der Waals surface area contributed by atoms with Gasteiger partial charge in [0, 0.05) is 0 Å². The maximum Gasteiger partial charge on any atom is -0.0256 e. The molecule has 0 unspecified atom stereocenters. The van der Waals surface area contributed by atoms with Crippen molar-refractivity contribution < 1.29 is 0 Å². The van der Waals surface area contributed by atoms with Crippen LogP contribution in [-0.4, -0.2) is 0 Å². The van der Waals surface area contributed by atoms with Gasteiger partial charge in [0.1, 0.15) is 0 Å². The van der Waals surface area contributed by atoms with Crippen molar-refractivity contribution in [2.24, 2.45) is 11.8 Å². The molecule has 1 aromatic carbocycles. The molecule has 0 spiro atoms. The zero-order valence-electron chi connectivity index (χ0n) is 9.88. The molecule has 0 aromatic heterocycles. The first kappa shape index (κ1) is 36.5. The molecule has 0 aliphatic rings. The average molecular weight is 287 g/mol. The van der Waals surface area contributed by atoms with E-state index in [1.807, 2.05) is 0 Å². The molecule has 0 radical (unpaired) electrons. The molecule has 0 saturated heterocycles. The SMILES string of the molecule is C.C.C.C.C.C.CC(C)Cc1ccc(CC(C)C)cc1. The highest BCUT2D eigenvalue weighted by Crippen LogP contribution is 2.12. The lowest BCUT2D eigenvalue weighted by molar-refractivity contribution is 0.640. The third-order valence-corrected chi connectivity index (χ3v) is 2.31. The van der Waals surface area contributed by atoms with Gasteiger partial charge in [-0.25, -0.2) is 0 Å². The van der Waals surface area contributed by atoms with Crippen LogP contribution in [0.15, 0.2) is 24.3 Å². The highest BCUT2D eigenvalue weighted by molar-refractivity contribution is 5.23. The van der Waals surface area contributed by atoms with Crippen LogP contribution in [0, 0.1) is 11.8 Å². The van der Waals surface area contributed by atoms with E-state index in [9.17, 15) is 0 Å². The number of rotatable bonds is 4. The fourth-order valence-corrected chi connectivity index (χ4v) is 1.75. The van der Waals surface area contributed by atoms with E-state index in [0.717, 1.165) is 11.8 Å². The predicted octanol–water partition coefficient (Wildman–Crippen LogP) is 7.90. The summed E-state index contributed by atoms with van der Waals surface area (Å²) in [7, 11) is 0. The summed E-state index contributed by atoms with van der Waals surface area (Å²) in [4.78, 5) is 0. The molecule has 1 rings (SSSR count). The predicted molar refractivity (Wildman–Crippen MR) is 104 cm³/mol. The quantitative estimate of drug-likeness (QED) is 0.527. The molecule has 0 fully saturated rings. The van der Waals surface area contributed by atoms with Gasteiger partial charge in [0.2, 0.25) is 0 Å². The van der Waals surface area contributed by atoms with Crippen molar-refractivity contribution in [2.75, 3.05) is 0 Å². The summed E-state index contributed by atoms with van der Waals surface area (Å²) >= 11 is 0. The van der Waals surface area contributed by atoms with Crippen molar-refractivity contribution in [3.8, 4) is 0 Å². The largest absolute Gasteiger partial charge is 0.0776 e. The lowest BCUT2D eigenvalue weighted by Gasteiger charge is -2.08. The number of hydrogen-bond acceptors (Lipinski definition) is 0. The third-order valence-electron chi connectivity index (χ3n) is 2.31. The van der Waals surface area contributed by atoms with E-state index in [1.54, 1.807) is 0 Å². The zero-order chi connectivity index (χ0) is 10.6. The first-order valence-electron chi connectivity index (χ1n) is 5.65. The average Bonchev–Trinajstić information content (AvgIpc) is 2.06. The van der Waals surface area contributed by atoms with E-state index >= 15 is 0 Å². The molecule has 1 aromatic rings. The minimum Gasteiger partial charge on any atom is -0.0776 e. The molecule has 0 heterocycles. The topological polar surface area (TPSA) is 0 Å². The van der Waals surface area contributed by atoms with Crippen LogP contribution < -0.4 is 0 Å². The van der Waals surface area contributed by atoms with Crippen LogP contribution in [0.4, 0.5) is 0 Å². The summed E-state index contributed by atoms with van der Waals surface area (Å²) in [5.74, 6) is 1.51. The van der Waals surface area contributed by atoms with Gasteiger partial charge in [-0.05, 0) is 35.8 Å². The molecule has 0 saturated carbocycles. The summed E-state index contributed by atoms with van der Waals surface area (Å²) in [5, 5.41) is 0. The van der Waals surface area contributed by atoms with E-state index in [4.69, 9.17) is 0 Å². The highest BCUT2D eigenvalue weighted by Gasteiger charge is 1.99. The summed E-state index contributed by atoms with van der Waals surface area (Å²) < 4.78 is 0. The molecular weight excluding hydrogens is 240 g/mol. The van der Waals surface area contributed by atoms with E-state index in [2.05, 4.69) is 52.0 Å². The first-order chi connectivity index (χ1) is 6.58. The van der Waals surface area contributed by atoms with Crippen LogP contribution in [0.1, 0.15) is 83.4 Å². The van der Waals surface area contributed by atoms with Gasteiger partial charge in [-0.3, -0.25) is 0 Å². The fourth-order valence-electron chi connectivity index (χ4n) is 1.75. The second-order valence-corrected chi connectivity index (χ2v) is 5.01. The maximum absolute atomic E-state index is 2.28. The van der Waals surface area contributed by atoms with Crippen LogP contribution in [0.25, 0.3) is 0 Å². The fraction of sp³-hybridized carbons (Fsp3) is 0.700. The molecule has 0 nitrogen and oxygen atoms in total. The number of benzene rings is 1. The minimum atomic E-state index is 0. The van der Waals surface area contributed by atoms with E-state index < -0.39 is 0 Å². The van der Waals surface area contributed by atoms with Crippen molar-refractivity contribution >= 4 is 0 Å². The standard InChI is InChI=1S/C14H22.6CH4/c1-11(2)9-13-5-7-14(8-6-13)10-12(3)4;;;;;;/h5-8,11-12H,9-10H2,1-4H3;6*1H4. The van der Waals surface area contributed by atoms with Crippen molar-refractivity contribution in [2.45, 2.75) is 85.1 Å². The first-order valence-corrected chi connectivity index (χ1v) is 5.65. The molecule has 0 amide bonds. The molecule has 0 heteroatoms. The maximum atomic E-state index is 2.28. The van der Waals surface area contributed by atoms with E-state index in [1.165, 1.54) is 24.0 Å². The molecule has 0 aliphatic carbocycles. The molecule has 126 valence electrons. The van der Waals surface area contributed by atoms with E-state index in [-0.39, 0.29) is 44.6 Å². The van der Waals surface area contributed by atoms with Crippen molar-refractivity contribution in [3.63, 3.8) is 0 Å². The lowest BCUT2D eigenvalue weighted by Crippen LogP contribution is -1.96. The van der Waals surface area contributed by atoms with Crippen LogP contribution in [-0.2, 0) is 12.8 Å². The van der Waals surface area contributed by atoms with Crippen molar-refractivity contribution in [3.05, 3.63) is 35.4 Å². The summed E-state index contributed by atoms with van der Waals surface area (Å²) in [6.45, 7) is 9.06. The van der Waals surface area contributed by atoms with Gasteiger partial charge in [-0.15, -0.1) is 0 Å². The minimum absolute atomic E-state index is 0. The van der Waals surface area contributed by atoms with E-state index in [0.29, 0.717) is 0 Å². The van der Waals surface area contributed by atoms with Crippen LogP contribution in [0.3, 0.4) is 0 Å². The molecular formula is C20H46. The molecule has 0 N–H and O–H groups in total. The molecule has 0 bridgehead atoms. The Bertz CT molecular complexity index is 225. The van der Waals surface area contributed by atoms with Gasteiger partial charge < -0.3 is 0 Å². The Hall–Kier alpha value is -0.780. The van der Waals surface area contributed by atoms with Gasteiger partial charge >= 0.3 is 0 Å². The molecule has 0 aliphatic heterocycles. The van der Waals surface area contributed by atoms with Crippen molar-refractivity contribution in [1.82, 2.24) is 0 Å². The third kappa shape index (κ3) is 15.3. The summed E-state index contributed by atoms with van der Waals surface area (Å²) in [6.07, 6.45) is 2.39. The molecule has 20 heavy (non-hydrogen) atoms. The number of hydrogen-bond donors (Lipinski definition) is 0.